The Balaban J connectivity index is 1.87. The van der Waals surface area contributed by atoms with Crippen molar-refractivity contribution in [3.05, 3.63) is 63.6 Å². The van der Waals surface area contributed by atoms with Crippen molar-refractivity contribution in [2.24, 2.45) is 0 Å². The van der Waals surface area contributed by atoms with Crippen LogP contribution in [0, 0.1) is 6.92 Å². The van der Waals surface area contributed by atoms with Crippen LogP contribution in [-0.2, 0) is 6.54 Å². The van der Waals surface area contributed by atoms with Crippen LogP contribution >= 0.6 is 0 Å². The molecule has 2 aromatic heterocycles. The van der Waals surface area contributed by atoms with Gasteiger partial charge in [0.1, 0.15) is 17.0 Å². The average Bonchev–Trinajstić information content (AvgIpc) is 2.82. The fraction of sp³-hybridized carbons (Fsp3) is 0.167. The molecule has 1 amide bonds. The van der Waals surface area contributed by atoms with Gasteiger partial charge in [-0.15, -0.1) is 0 Å². The molecule has 0 unspecified atom stereocenters. The molecule has 0 saturated carbocycles. The van der Waals surface area contributed by atoms with Gasteiger partial charge in [0.2, 0.25) is 0 Å². The summed E-state index contributed by atoms with van der Waals surface area (Å²) < 4.78 is 5.86. The summed E-state index contributed by atoms with van der Waals surface area (Å²) in [7, 11) is 1.74. The number of hydrogen-bond donors (Lipinski definition) is 0. The first kappa shape index (κ1) is 13.7. The fourth-order valence-electron chi connectivity index (χ4n) is 2.88. The van der Waals surface area contributed by atoms with E-state index in [1.807, 2.05) is 25.1 Å². The van der Waals surface area contributed by atoms with Crippen LogP contribution in [0.4, 0.5) is 0 Å². The van der Waals surface area contributed by atoms with Crippen molar-refractivity contribution < 1.29 is 9.21 Å². The number of carbonyl (C=O) groups excluding carboxylic acids is 1. The molecule has 1 aliphatic heterocycles. The number of rotatable bonds is 1. The average molecular weight is 306 g/mol. The molecular formula is C18H14N2O3. The summed E-state index contributed by atoms with van der Waals surface area (Å²) in [4.78, 5) is 30.1. The van der Waals surface area contributed by atoms with Crippen molar-refractivity contribution in [1.29, 1.82) is 0 Å². The normalized spacial score (nSPS) is 13.7. The Morgan fingerprint density at radius 2 is 2.00 bits per heavy atom. The molecule has 0 aliphatic carbocycles. The zero-order valence-corrected chi connectivity index (χ0v) is 12.8. The third kappa shape index (κ3) is 2.12. The summed E-state index contributed by atoms with van der Waals surface area (Å²) in [5.74, 6) is 0.380. The van der Waals surface area contributed by atoms with Crippen LogP contribution in [0.2, 0.25) is 0 Å². The van der Waals surface area contributed by atoms with Crippen LogP contribution in [0.1, 0.15) is 21.6 Å². The number of carbonyl (C=O) groups is 1. The molecule has 5 nitrogen and oxygen atoms in total. The number of fused-ring (bicyclic) bond motifs is 2. The molecule has 0 radical (unpaired) electrons. The van der Waals surface area contributed by atoms with Crippen LogP contribution in [0.15, 0.2) is 45.7 Å². The van der Waals surface area contributed by atoms with E-state index >= 15 is 0 Å². The van der Waals surface area contributed by atoms with Crippen molar-refractivity contribution in [2.75, 3.05) is 7.05 Å². The monoisotopic (exact) mass is 306 g/mol. The lowest BCUT2D eigenvalue weighted by Crippen LogP contribution is -2.18. The van der Waals surface area contributed by atoms with E-state index in [0.717, 1.165) is 11.1 Å². The topological polar surface area (TPSA) is 63.4 Å². The molecule has 0 bridgehead atoms. The molecule has 1 aliphatic rings. The van der Waals surface area contributed by atoms with E-state index in [-0.39, 0.29) is 11.3 Å². The maximum Gasteiger partial charge on any atom is 0.272 e. The molecule has 3 heterocycles. The smallest absolute Gasteiger partial charge is 0.272 e. The first-order chi connectivity index (χ1) is 11.0. The van der Waals surface area contributed by atoms with E-state index in [9.17, 15) is 9.59 Å². The highest BCUT2D eigenvalue weighted by atomic mass is 16.3. The van der Waals surface area contributed by atoms with Crippen molar-refractivity contribution in [3.63, 3.8) is 0 Å². The summed E-state index contributed by atoms with van der Waals surface area (Å²) >= 11 is 0. The third-order valence-electron chi connectivity index (χ3n) is 4.09. The van der Waals surface area contributed by atoms with Crippen molar-refractivity contribution >= 4 is 16.9 Å². The standard InChI is InChI=1S/C18H14N2O3/c1-10-3-4-15-13(5-10)14(21)7-16(23-15)11-6-12-9-20(2)18(22)17(12)19-8-11/h3-8H,9H2,1-2H3. The number of benzene rings is 1. The minimum absolute atomic E-state index is 0.0815. The number of aryl methyl sites for hydroxylation is 1. The lowest BCUT2D eigenvalue weighted by Gasteiger charge is -2.05. The van der Waals surface area contributed by atoms with Gasteiger partial charge < -0.3 is 9.32 Å². The van der Waals surface area contributed by atoms with Gasteiger partial charge in [0.15, 0.2) is 5.43 Å². The largest absolute Gasteiger partial charge is 0.456 e. The van der Waals surface area contributed by atoms with E-state index in [4.69, 9.17) is 4.42 Å². The molecule has 4 rings (SSSR count). The van der Waals surface area contributed by atoms with Gasteiger partial charge >= 0.3 is 0 Å². The van der Waals surface area contributed by atoms with Crippen LogP contribution < -0.4 is 5.43 Å². The number of aromatic nitrogens is 1. The minimum Gasteiger partial charge on any atom is -0.456 e. The molecule has 0 spiro atoms. The van der Waals surface area contributed by atoms with Gasteiger partial charge in [-0.05, 0) is 25.1 Å². The second kappa shape index (κ2) is 4.78. The summed E-state index contributed by atoms with van der Waals surface area (Å²) in [5.41, 5.74) is 3.49. The Hall–Kier alpha value is -2.95. The first-order valence-corrected chi connectivity index (χ1v) is 7.32. The van der Waals surface area contributed by atoms with Crippen molar-refractivity contribution in [2.45, 2.75) is 13.5 Å². The summed E-state index contributed by atoms with van der Waals surface area (Å²) in [6.07, 6.45) is 1.58. The van der Waals surface area contributed by atoms with Gasteiger partial charge in [-0.25, -0.2) is 4.98 Å². The second-order valence-electron chi connectivity index (χ2n) is 5.87. The highest BCUT2D eigenvalue weighted by Crippen LogP contribution is 2.27. The highest BCUT2D eigenvalue weighted by Gasteiger charge is 2.26. The predicted molar refractivity (Wildman–Crippen MR) is 86.2 cm³/mol. The second-order valence-corrected chi connectivity index (χ2v) is 5.87. The molecule has 0 fully saturated rings. The third-order valence-corrected chi connectivity index (χ3v) is 4.09. The lowest BCUT2D eigenvalue weighted by molar-refractivity contribution is 0.0812. The van der Waals surface area contributed by atoms with Crippen LogP contribution in [0.5, 0.6) is 0 Å². The van der Waals surface area contributed by atoms with E-state index in [0.29, 0.717) is 34.5 Å². The van der Waals surface area contributed by atoms with Crippen molar-refractivity contribution in [1.82, 2.24) is 9.88 Å². The van der Waals surface area contributed by atoms with Crippen molar-refractivity contribution in [3.8, 4) is 11.3 Å². The van der Waals surface area contributed by atoms with E-state index in [1.165, 1.54) is 6.07 Å². The maximum atomic E-state index is 12.3. The minimum atomic E-state index is -0.0846. The Bertz CT molecular complexity index is 1020. The van der Waals surface area contributed by atoms with Gasteiger partial charge in [0.05, 0.1) is 5.39 Å². The maximum absolute atomic E-state index is 12.3. The van der Waals surface area contributed by atoms with E-state index < -0.39 is 0 Å². The number of pyridine rings is 1. The highest BCUT2D eigenvalue weighted by molar-refractivity contribution is 5.96. The number of nitrogens with zero attached hydrogens (tertiary/aromatic N) is 2. The predicted octanol–water partition coefficient (Wildman–Crippen LogP) is 2.75. The summed E-state index contributed by atoms with van der Waals surface area (Å²) in [5, 5.41) is 0.567. The quantitative estimate of drug-likeness (QED) is 0.693. The molecule has 0 N–H and O–H groups in total. The fourth-order valence-corrected chi connectivity index (χ4v) is 2.88. The summed E-state index contributed by atoms with van der Waals surface area (Å²) in [6.45, 7) is 2.46. The number of hydrogen-bond acceptors (Lipinski definition) is 4. The molecule has 114 valence electrons. The van der Waals surface area contributed by atoms with Crippen LogP contribution in [0.25, 0.3) is 22.3 Å². The molecule has 0 saturated heterocycles. The summed E-state index contributed by atoms with van der Waals surface area (Å²) in [6, 6.07) is 8.87. The lowest BCUT2D eigenvalue weighted by atomic mass is 10.1. The molecule has 1 aromatic carbocycles. The Morgan fingerprint density at radius 3 is 2.83 bits per heavy atom. The van der Waals surface area contributed by atoms with E-state index in [1.54, 1.807) is 24.2 Å². The zero-order valence-electron chi connectivity index (χ0n) is 12.8. The number of amides is 1. The van der Waals surface area contributed by atoms with Gasteiger partial charge in [-0.2, -0.15) is 0 Å². The molecule has 0 atom stereocenters. The molecule has 5 heteroatoms. The SMILES string of the molecule is Cc1ccc2oc(-c3cnc4c(c3)CN(C)C4=O)cc(=O)c2c1. The Labute approximate surface area is 132 Å². The Kier molecular flexibility index (Phi) is 2.84. The van der Waals surface area contributed by atoms with E-state index in [2.05, 4.69) is 4.98 Å². The Morgan fingerprint density at radius 1 is 1.17 bits per heavy atom. The van der Waals surface area contributed by atoms with Gasteiger partial charge in [-0.1, -0.05) is 11.6 Å². The van der Waals surface area contributed by atoms with Gasteiger partial charge in [-0.3, -0.25) is 9.59 Å². The van der Waals surface area contributed by atoms with Gasteiger partial charge in [0, 0.05) is 37.0 Å². The molecule has 3 aromatic rings. The zero-order chi connectivity index (χ0) is 16.1. The van der Waals surface area contributed by atoms with Crippen LogP contribution in [0.3, 0.4) is 0 Å². The van der Waals surface area contributed by atoms with Gasteiger partial charge in [0.25, 0.3) is 5.91 Å². The first-order valence-electron chi connectivity index (χ1n) is 7.32. The van der Waals surface area contributed by atoms with Crippen LogP contribution in [-0.4, -0.2) is 22.8 Å². The molecule has 23 heavy (non-hydrogen) atoms. The molecular weight excluding hydrogens is 292 g/mol.